The molecule has 0 aromatic heterocycles. The molecule has 0 unspecified atom stereocenters. The lowest BCUT2D eigenvalue weighted by Gasteiger charge is -2.34. The lowest BCUT2D eigenvalue weighted by atomic mass is 10.4. The molecule has 3 rings (SSSR count). The van der Waals surface area contributed by atoms with Gasteiger partial charge in [0, 0.05) is 0 Å². The summed E-state index contributed by atoms with van der Waals surface area (Å²) in [7, 11) is -1.78. The summed E-state index contributed by atoms with van der Waals surface area (Å²) in [5.41, 5.74) is 0. The molecule has 0 radical (unpaired) electrons. The van der Waals surface area contributed by atoms with Gasteiger partial charge in [0.1, 0.15) is 0 Å². The quantitative estimate of drug-likeness (QED) is 0.452. The molecule has 1 fully saturated rings. The van der Waals surface area contributed by atoms with Crippen LogP contribution in [0, 0.1) is 0 Å². The van der Waals surface area contributed by atoms with E-state index in [-0.39, 0.29) is 34.0 Å². The maximum atomic E-state index is 2.57. The van der Waals surface area contributed by atoms with Gasteiger partial charge >= 0.3 is 0 Å². The fourth-order valence-corrected chi connectivity index (χ4v) is 13.5. The molecule has 0 amide bonds. The molecule has 0 nitrogen and oxygen atoms in total. The summed E-state index contributed by atoms with van der Waals surface area (Å²) in [6.45, 7) is 5.13. The van der Waals surface area contributed by atoms with Crippen LogP contribution in [0.2, 0.25) is 0 Å². The summed E-state index contributed by atoms with van der Waals surface area (Å²) in [4.78, 5) is 0. The van der Waals surface area contributed by atoms with Gasteiger partial charge in [-0.15, -0.1) is 0 Å². The van der Waals surface area contributed by atoms with Crippen LogP contribution in [0.4, 0.5) is 0 Å². The zero-order valence-corrected chi connectivity index (χ0v) is 18.2. The second-order valence-corrected chi connectivity index (χ2v) is 14.8. The Balaban J connectivity index is 0.00000121. The van der Waals surface area contributed by atoms with Crippen LogP contribution in [0.1, 0.15) is 0 Å². The predicted octanol–water partition coefficient (Wildman–Crippen LogP) is -2.05. The van der Waals surface area contributed by atoms with Crippen molar-refractivity contribution in [3.05, 3.63) is 60.7 Å². The van der Waals surface area contributed by atoms with E-state index in [0.717, 1.165) is 0 Å². The minimum Gasteiger partial charge on any atom is -1.00 e. The second-order valence-electron chi connectivity index (χ2n) is 6.36. The number of halogens is 2. The Morgan fingerprint density at radius 3 is 1.09 bits per heavy atom. The zero-order chi connectivity index (χ0) is 14.1. The predicted molar refractivity (Wildman–Crippen MR) is 97.3 cm³/mol. The number of rotatable bonds is 2. The first-order valence-corrected chi connectivity index (χ1v) is 12.6. The molecular formula is C18H24Br2P2. The van der Waals surface area contributed by atoms with Crippen molar-refractivity contribution in [3.63, 3.8) is 0 Å². The highest BCUT2D eigenvalue weighted by Crippen LogP contribution is 2.67. The third kappa shape index (κ3) is 4.21. The Bertz CT molecular complexity index is 511. The first kappa shape index (κ1) is 20.3. The van der Waals surface area contributed by atoms with Gasteiger partial charge in [-0.05, 0) is 24.3 Å². The number of benzene rings is 2. The van der Waals surface area contributed by atoms with Crippen LogP contribution in [-0.4, -0.2) is 38.0 Å². The first-order chi connectivity index (χ1) is 9.62. The van der Waals surface area contributed by atoms with Crippen molar-refractivity contribution in [3.8, 4) is 0 Å². The van der Waals surface area contributed by atoms with Crippen LogP contribution >= 0.6 is 14.5 Å². The molecule has 0 aliphatic carbocycles. The highest BCUT2D eigenvalue weighted by atomic mass is 79.9. The third-order valence-corrected chi connectivity index (χ3v) is 13.6. The van der Waals surface area contributed by atoms with E-state index >= 15 is 0 Å². The van der Waals surface area contributed by atoms with Gasteiger partial charge in [0.25, 0.3) is 0 Å². The summed E-state index contributed by atoms with van der Waals surface area (Å²) >= 11 is 0. The van der Waals surface area contributed by atoms with E-state index in [2.05, 4.69) is 74.0 Å². The number of hydrogen-bond donors (Lipinski definition) is 0. The zero-order valence-electron chi connectivity index (χ0n) is 13.3. The van der Waals surface area contributed by atoms with E-state index in [0.29, 0.717) is 0 Å². The maximum Gasteiger partial charge on any atom is 0.0979 e. The summed E-state index contributed by atoms with van der Waals surface area (Å²) in [5, 5.41) is 3.28. The maximum absolute atomic E-state index is 2.57. The molecule has 4 heteroatoms. The Labute approximate surface area is 157 Å². The average Bonchev–Trinajstić information content (AvgIpc) is 2.52. The van der Waals surface area contributed by atoms with Crippen molar-refractivity contribution < 1.29 is 34.0 Å². The third-order valence-electron chi connectivity index (χ3n) is 4.93. The Morgan fingerprint density at radius 1 is 0.545 bits per heavy atom. The molecule has 1 aliphatic heterocycles. The Morgan fingerprint density at radius 2 is 0.818 bits per heavy atom. The van der Waals surface area contributed by atoms with Gasteiger partial charge in [0.2, 0.25) is 0 Å². The van der Waals surface area contributed by atoms with Crippen LogP contribution in [0.15, 0.2) is 60.7 Å². The van der Waals surface area contributed by atoms with Gasteiger partial charge in [-0.25, -0.2) is 0 Å². The van der Waals surface area contributed by atoms with E-state index in [9.17, 15) is 0 Å². The molecule has 0 N–H and O–H groups in total. The summed E-state index contributed by atoms with van der Waals surface area (Å²) < 4.78 is 0. The van der Waals surface area contributed by atoms with Crippen LogP contribution in [0.5, 0.6) is 0 Å². The van der Waals surface area contributed by atoms with Gasteiger partial charge < -0.3 is 34.0 Å². The molecular weight excluding hydrogens is 438 g/mol. The van der Waals surface area contributed by atoms with Crippen molar-refractivity contribution in [1.29, 1.82) is 0 Å². The van der Waals surface area contributed by atoms with Crippen LogP contribution in [0.3, 0.4) is 0 Å². The topological polar surface area (TPSA) is 0 Å². The summed E-state index contributed by atoms with van der Waals surface area (Å²) in [6.07, 6.45) is 5.76. The molecule has 120 valence electrons. The molecule has 0 bridgehead atoms. The van der Waals surface area contributed by atoms with Gasteiger partial charge in [-0.2, -0.15) is 0 Å². The van der Waals surface area contributed by atoms with E-state index in [4.69, 9.17) is 0 Å². The van der Waals surface area contributed by atoms with Crippen molar-refractivity contribution in [2.75, 3.05) is 38.0 Å². The summed E-state index contributed by atoms with van der Waals surface area (Å²) in [6, 6.07) is 22.5. The standard InChI is InChI=1S/C18H24P2.2BrH/c1-19(17-9-5-3-6-10-17)13-15-20(2,16-14-19)18-11-7-4-8-12-18;;/h3-12H,13-16H2,1-2H3;2*1H/q+2;;/p-2. The van der Waals surface area contributed by atoms with Crippen LogP contribution in [-0.2, 0) is 0 Å². The molecule has 1 heterocycles. The van der Waals surface area contributed by atoms with Crippen molar-refractivity contribution >= 4 is 25.1 Å². The van der Waals surface area contributed by atoms with E-state index in [1.165, 1.54) is 24.6 Å². The van der Waals surface area contributed by atoms with Crippen molar-refractivity contribution in [1.82, 2.24) is 0 Å². The smallest absolute Gasteiger partial charge is 0.0979 e. The molecule has 1 aliphatic rings. The monoisotopic (exact) mass is 460 g/mol. The molecule has 0 atom stereocenters. The van der Waals surface area contributed by atoms with E-state index in [1.807, 2.05) is 0 Å². The molecule has 2 aromatic carbocycles. The SMILES string of the molecule is C[P+]1(c2ccccc2)CC[P+](C)(c2ccccc2)CC1.[Br-].[Br-]. The van der Waals surface area contributed by atoms with Crippen LogP contribution < -0.4 is 44.6 Å². The van der Waals surface area contributed by atoms with Crippen molar-refractivity contribution in [2.24, 2.45) is 0 Å². The van der Waals surface area contributed by atoms with Gasteiger partial charge in [-0.1, -0.05) is 36.4 Å². The van der Waals surface area contributed by atoms with Gasteiger partial charge in [0.15, 0.2) is 0 Å². The molecule has 2 aromatic rings. The first-order valence-electron chi connectivity index (χ1n) is 7.43. The normalized spacial score (nSPS) is 27.4. The van der Waals surface area contributed by atoms with Crippen LogP contribution in [0.25, 0.3) is 0 Å². The average molecular weight is 462 g/mol. The molecule has 1 saturated heterocycles. The van der Waals surface area contributed by atoms with E-state index in [1.54, 1.807) is 10.6 Å². The minimum absolute atomic E-state index is 0. The lowest BCUT2D eigenvalue weighted by Crippen LogP contribution is -3.00. The molecule has 22 heavy (non-hydrogen) atoms. The second kappa shape index (κ2) is 8.39. The lowest BCUT2D eigenvalue weighted by molar-refractivity contribution is -0.00100. The highest BCUT2D eigenvalue weighted by molar-refractivity contribution is 7.89. The van der Waals surface area contributed by atoms with Crippen molar-refractivity contribution in [2.45, 2.75) is 0 Å². The number of hydrogen-bond acceptors (Lipinski definition) is 0. The fraction of sp³-hybridized carbons (Fsp3) is 0.333. The fourth-order valence-electron chi connectivity index (χ4n) is 3.20. The largest absolute Gasteiger partial charge is 1.00 e. The Hall–Kier alpha value is 0.260. The van der Waals surface area contributed by atoms with Gasteiger partial charge in [-0.3, -0.25) is 0 Å². The Kier molecular flexibility index (Phi) is 7.74. The highest BCUT2D eigenvalue weighted by Gasteiger charge is 2.49. The summed E-state index contributed by atoms with van der Waals surface area (Å²) in [5.74, 6) is 0. The molecule has 0 spiro atoms. The molecule has 0 saturated carbocycles. The van der Waals surface area contributed by atoms with Gasteiger partial charge in [0.05, 0.1) is 63.1 Å². The minimum atomic E-state index is -0.888. The van der Waals surface area contributed by atoms with E-state index < -0.39 is 14.5 Å².